The predicted octanol–water partition coefficient (Wildman–Crippen LogP) is 6.34. The Morgan fingerprint density at radius 1 is 1.21 bits per heavy atom. The van der Waals surface area contributed by atoms with E-state index < -0.39 is 0 Å². The minimum Gasteiger partial charge on any atom is -0.481 e. The van der Waals surface area contributed by atoms with Gasteiger partial charge in [0, 0.05) is 58.5 Å². The molecule has 1 aliphatic carbocycles. The van der Waals surface area contributed by atoms with E-state index in [1.807, 2.05) is 36.2 Å². The van der Waals surface area contributed by atoms with E-state index in [1.165, 1.54) is 0 Å². The molecule has 4 aromatic rings. The number of likely N-dealkylation sites (tertiary alicyclic amines) is 1. The zero-order valence-corrected chi connectivity index (χ0v) is 23.5. The van der Waals surface area contributed by atoms with Gasteiger partial charge < -0.3 is 14.4 Å². The fourth-order valence-electron chi connectivity index (χ4n) is 6.12. The molecule has 1 N–H and O–H groups in total. The first-order valence-corrected chi connectivity index (χ1v) is 13.9. The van der Waals surface area contributed by atoms with E-state index in [1.54, 1.807) is 13.3 Å². The number of benzene rings is 1. The molecule has 3 aromatic heterocycles. The van der Waals surface area contributed by atoms with Crippen LogP contribution in [-0.4, -0.2) is 62.8 Å². The van der Waals surface area contributed by atoms with Gasteiger partial charge in [0.1, 0.15) is 5.69 Å². The molecule has 4 heterocycles. The molecule has 1 aliphatic heterocycles. The minimum atomic E-state index is -0.192. The van der Waals surface area contributed by atoms with Crippen LogP contribution < -0.4 is 4.74 Å². The Morgan fingerprint density at radius 3 is 2.69 bits per heavy atom. The number of amides is 1. The van der Waals surface area contributed by atoms with Crippen molar-refractivity contribution in [3.8, 4) is 28.3 Å². The summed E-state index contributed by atoms with van der Waals surface area (Å²) in [4.78, 5) is 18.6. The van der Waals surface area contributed by atoms with Crippen molar-refractivity contribution >= 4 is 28.6 Å². The van der Waals surface area contributed by atoms with Crippen molar-refractivity contribution in [3.63, 3.8) is 0 Å². The largest absolute Gasteiger partial charge is 0.481 e. The summed E-state index contributed by atoms with van der Waals surface area (Å²) in [6, 6.07) is 6.09. The van der Waals surface area contributed by atoms with Crippen molar-refractivity contribution < 1.29 is 14.3 Å². The Labute approximate surface area is 232 Å². The number of H-pyrrole nitrogens is 1. The first-order chi connectivity index (χ1) is 18.8. The highest BCUT2D eigenvalue weighted by Crippen LogP contribution is 2.55. The summed E-state index contributed by atoms with van der Waals surface area (Å²) in [6.07, 6.45) is 7.27. The Hall–Kier alpha value is -3.59. The number of pyridine rings is 1. The average molecular weight is 549 g/mol. The number of rotatable bonds is 7. The molecule has 0 radical (unpaired) electrons. The highest BCUT2D eigenvalue weighted by molar-refractivity contribution is 6.36. The minimum absolute atomic E-state index is 0.146. The third-order valence-electron chi connectivity index (χ3n) is 8.20. The quantitative estimate of drug-likeness (QED) is 0.271. The number of methoxy groups -OCH3 is 1. The Kier molecular flexibility index (Phi) is 6.49. The lowest BCUT2D eigenvalue weighted by molar-refractivity contribution is -0.0825. The SMILES string of the molecule is CCCCOC(=O)N1CC2(CC(n3nc(-c4ccc(OC)nc4)c(-c4c(Cl)c(C)cc5[nH]ncc45)c3C)C2)C1. The molecule has 1 amide bonds. The van der Waals surface area contributed by atoms with Gasteiger partial charge in [0.2, 0.25) is 5.88 Å². The summed E-state index contributed by atoms with van der Waals surface area (Å²) in [5.74, 6) is 0.547. The fraction of sp³-hybridized carbons (Fsp3) is 0.448. The van der Waals surface area contributed by atoms with Crippen LogP contribution in [0.5, 0.6) is 5.88 Å². The lowest BCUT2D eigenvalue weighted by Crippen LogP contribution is -2.64. The normalized spacial score (nSPS) is 16.4. The van der Waals surface area contributed by atoms with Crippen LogP contribution in [0.3, 0.4) is 0 Å². The smallest absolute Gasteiger partial charge is 0.409 e. The lowest BCUT2D eigenvalue weighted by Gasteiger charge is -2.58. The van der Waals surface area contributed by atoms with Crippen LogP contribution >= 0.6 is 11.6 Å². The summed E-state index contributed by atoms with van der Waals surface area (Å²) >= 11 is 6.98. The van der Waals surface area contributed by atoms with Gasteiger partial charge in [-0.3, -0.25) is 9.78 Å². The van der Waals surface area contributed by atoms with Crippen molar-refractivity contribution in [3.05, 3.63) is 46.9 Å². The summed E-state index contributed by atoms with van der Waals surface area (Å²) in [5.41, 5.74) is 6.72. The molecule has 10 heteroatoms. The molecule has 39 heavy (non-hydrogen) atoms. The summed E-state index contributed by atoms with van der Waals surface area (Å²) in [6.45, 7) is 8.19. The molecule has 0 unspecified atom stereocenters. The Bertz CT molecular complexity index is 1530. The first-order valence-electron chi connectivity index (χ1n) is 13.5. The standard InChI is InChI=1S/C29H33ClN6O3/c1-5-6-9-39-28(37)35-15-29(16-35)11-20(12-29)36-18(3)24(27(34-36)19-7-8-23(38-4)31-13-19)25-21-14-32-33-22(21)10-17(2)26(25)30/h7-8,10,13-14,20H,5-6,9,11-12,15-16H2,1-4H3,(H,32,33). The van der Waals surface area contributed by atoms with Crippen LogP contribution in [0.1, 0.15) is 49.9 Å². The van der Waals surface area contributed by atoms with Crippen molar-refractivity contribution in [2.75, 3.05) is 26.8 Å². The molecule has 6 rings (SSSR count). The number of carbonyl (C=O) groups is 1. The number of aromatic nitrogens is 5. The number of hydrogen-bond acceptors (Lipinski definition) is 6. The van der Waals surface area contributed by atoms with E-state index in [0.29, 0.717) is 17.5 Å². The number of aromatic amines is 1. The van der Waals surface area contributed by atoms with Crippen LogP contribution in [0.25, 0.3) is 33.3 Å². The third-order valence-corrected chi connectivity index (χ3v) is 8.69. The van der Waals surface area contributed by atoms with Crippen molar-refractivity contribution in [1.82, 2.24) is 29.9 Å². The number of hydrogen-bond donors (Lipinski definition) is 1. The first kappa shape index (κ1) is 25.7. The van der Waals surface area contributed by atoms with Gasteiger partial charge in [-0.2, -0.15) is 10.2 Å². The summed E-state index contributed by atoms with van der Waals surface area (Å²) in [5, 5.41) is 14.2. The topological polar surface area (TPSA) is 98.2 Å². The molecule has 1 saturated heterocycles. The molecule has 1 spiro atoms. The Balaban J connectivity index is 1.33. The molecule has 1 saturated carbocycles. The van der Waals surface area contributed by atoms with E-state index in [4.69, 9.17) is 26.2 Å². The average Bonchev–Trinajstić information content (AvgIpc) is 3.48. The molecule has 2 aliphatic rings. The van der Waals surface area contributed by atoms with Crippen LogP contribution in [0.2, 0.25) is 5.02 Å². The molecule has 1 aromatic carbocycles. The van der Waals surface area contributed by atoms with Crippen molar-refractivity contribution in [2.24, 2.45) is 5.41 Å². The second-order valence-corrected chi connectivity index (χ2v) is 11.3. The molecule has 9 nitrogen and oxygen atoms in total. The number of unbranched alkanes of at least 4 members (excludes halogenated alkanes) is 1. The summed E-state index contributed by atoms with van der Waals surface area (Å²) < 4.78 is 12.8. The van der Waals surface area contributed by atoms with E-state index in [2.05, 4.69) is 33.7 Å². The van der Waals surface area contributed by atoms with Crippen LogP contribution in [0.15, 0.2) is 30.6 Å². The zero-order valence-electron chi connectivity index (χ0n) is 22.8. The monoisotopic (exact) mass is 548 g/mol. The number of carbonyl (C=O) groups excluding carboxylic acids is 1. The second kappa shape index (κ2) is 9.86. The molecular formula is C29H33ClN6O3. The maximum absolute atomic E-state index is 12.3. The van der Waals surface area contributed by atoms with Crippen LogP contribution in [0, 0.1) is 19.3 Å². The van der Waals surface area contributed by atoms with E-state index in [9.17, 15) is 4.79 Å². The van der Waals surface area contributed by atoms with Crippen molar-refractivity contribution in [1.29, 1.82) is 0 Å². The number of ether oxygens (including phenoxy) is 2. The molecule has 2 fully saturated rings. The second-order valence-electron chi connectivity index (χ2n) is 10.9. The van der Waals surface area contributed by atoms with Gasteiger partial charge in [-0.1, -0.05) is 24.9 Å². The number of nitrogens with zero attached hydrogens (tertiary/aromatic N) is 5. The van der Waals surface area contributed by atoms with Gasteiger partial charge in [-0.05, 0) is 50.8 Å². The fourth-order valence-corrected chi connectivity index (χ4v) is 6.37. The predicted molar refractivity (Wildman–Crippen MR) is 150 cm³/mol. The van der Waals surface area contributed by atoms with Gasteiger partial charge in [0.15, 0.2) is 0 Å². The number of nitrogens with one attached hydrogen (secondary N) is 1. The van der Waals surface area contributed by atoms with E-state index in [-0.39, 0.29) is 17.6 Å². The number of halogens is 1. The molecular weight excluding hydrogens is 516 g/mol. The number of fused-ring (bicyclic) bond motifs is 1. The summed E-state index contributed by atoms with van der Waals surface area (Å²) in [7, 11) is 1.60. The van der Waals surface area contributed by atoms with E-state index >= 15 is 0 Å². The molecule has 204 valence electrons. The maximum Gasteiger partial charge on any atom is 0.409 e. The van der Waals surface area contributed by atoms with Crippen LogP contribution in [0.4, 0.5) is 4.79 Å². The Morgan fingerprint density at radius 2 is 2.00 bits per heavy atom. The lowest BCUT2D eigenvalue weighted by atomic mass is 9.61. The van der Waals surface area contributed by atoms with Crippen LogP contribution in [-0.2, 0) is 4.74 Å². The maximum atomic E-state index is 12.3. The highest BCUT2D eigenvalue weighted by atomic mass is 35.5. The van der Waals surface area contributed by atoms with E-state index in [0.717, 1.165) is 83.3 Å². The number of aryl methyl sites for hydroxylation is 1. The van der Waals surface area contributed by atoms with Gasteiger partial charge >= 0.3 is 6.09 Å². The van der Waals surface area contributed by atoms with Crippen molar-refractivity contribution in [2.45, 2.75) is 52.5 Å². The zero-order chi connectivity index (χ0) is 27.3. The van der Waals surface area contributed by atoms with Gasteiger partial charge in [0.05, 0.1) is 36.5 Å². The molecule has 0 atom stereocenters. The third kappa shape index (κ3) is 4.33. The van der Waals surface area contributed by atoms with Gasteiger partial charge in [-0.25, -0.2) is 9.78 Å². The molecule has 0 bridgehead atoms. The van der Waals surface area contributed by atoms with Gasteiger partial charge in [0.25, 0.3) is 0 Å². The van der Waals surface area contributed by atoms with Gasteiger partial charge in [-0.15, -0.1) is 0 Å². The highest BCUT2D eigenvalue weighted by Gasteiger charge is 2.55.